The molecule has 0 heterocycles. The molecule has 0 aromatic heterocycles. The van der Waals surface area contributed by atoms with Crippen LogP contribution in [0.25, 0.3) is 0 Å². The van der Waals surface area contributed by atoms with Crippen LogP contribution in [0.4, 0.5) is 18.9 Å². The minimum atomic E-state index is -1.63. The Morgan fingerprint density at radius 3 is 2.32 bits per heavy atom. The Labute approximate surface area is 162 Å². The van der Waals surface area contributed by atoms with E-state index >= 15 is 0 Å². The van der Waals surface area contributed by atoms with E-state index in [1.165, 1.54) is 7.11 Å². The van der Waals surface area contributed by atoms with Gasteiger partial charge in [-0.3, -0.25) is 9.69 Å². The quantitative estimate of drug-likeness (QED) is 0.722. The van der Waals surface area contributed by atoms with E-state index in [9.17, 15) is 18.0 Å². The third-order valence-electron chi connectivity index (χ3n) is 4.60. The number of carbonyl (C=O) groups is 1. The molecule has 0 unspecified atom stereocenters. The van der Waals surface area contributed by atoms with Crippen LogP contribution in [0.3, 0.4) is 0 Å². The number of rotatable bonds is 7. The third kappa shape index (κ3) is 4.56. The topological polar surface area (TPSA) is 50.8 Å². The van der Waals surface area contributed by atoms with E-state index < -0.39 is 35.1 Å². The Morgan fingerprint density at radius 1 is 1.11 bits per heavy atom. The highest BCUT2D eigenvalue weighted by atomic mass is 19.2. The molecule has 5 nitrogen and oxygen atoms in total. The van der Waals surface area contributed by atoms with Crippen molar-refractivity contribution in [1.29, 1.82) is 0 Å². The molecule has 28 heavy (non-hydrogen) atoms. The van der Waals surface area contributed by atoms with Gasteiger partial charge in [0.1, 0.15) is 0 Å². The van der Waals surface area contributed by atoms with Gasteiger partial charge >= 0.3 is 0 Å². The van der Waals surface area contributed by atoms with E-state index in [0.29, 0.717) is 18.0 Å². The highest BCUT2D eigenvalue weighted by Gasteiger charge is 2.22. The monoisotopic (exact) mass is 396 g/mol. The van der Waals surface area contributed by atoms with Crippen molar-refractivity contribution in [2.24, 2.45) is 0 Å². The van der Waals surface area contributed by atoms with Gasteiger partial charge in [-0.25, -0.2) is 13.2 Å². The lowest BCUT2D eigenvalue weighted by atomic mass is 10.1. The Kier molecular flexibility index (Phi) is 6.90. The van der Waals surface area contributed by atoms with Crippen molar-refractivity contribution in [3.05, 3.63) is 52.8 Å². The van der Waals surface area contributed by atoms with E-state index in [2.05, 4.69) is 5.32 Å². The standard InChI is InChI=1S/C20H23F3N2O3/c1-11-8-16(27-4)17(28-5)9-13(11)10-25(3)12(2)20(26)24-15-7-6-14(21)18(22)19(15)23/h6-9,12H,10H2,1-5H3,(H,24,26)/t12-/m0/s1. The number of benzene rings is 2. The molecule has 2 aromatic rings. The highest BCUT2D eigenvalue weighted by Crippen LogP contribution is 2.31. The molecule has 0 saturated heterocycles. The molecule has 2 rings (SSSR count). The van der Waals surface area contributed by atoms with Crippen molar-refractivity contribution >= 4 is 11.6 Å². The van der Waals surface area contributed by atoms with Crippen molar-refractivity contribution in [3.63, 3.8) is 0 Å². The Hall–Kier alpha value is -2.74. The second-order valence-electron chi connectivity index (χ2n) is 6.44. The molecule has 1 amide bonds. The van der Waals surface area contributed by atoms with Gasteiger partial charge in [0, 0.05) is 6.54 Å². The molecule has 0 aliphatic rings. The summed E-state index contributed by atoms with van der Waals surface area (Å²) in [5.74, 6) is -3.75. The number of likely N-dealkylation sites (N-methyl/N-ethyl adjacent to an activating group) is 1. The number of amides is 1. The maximum atomic E-state index is 13.8. The van der Waals surface area contributed by atoms with E-state index in [4.69, 9.17) is 9.47 Å². The fraction of sp³-hybridized carbons (Fsp3) is 0.350. The zero-order valence-corrected chi connectivity index (χ0v) is 16.4. The van der Waals surface area contributed by atoms with Gasteiger partial charge in [0.25, 0.3) is 0 Å². The van der Waals surface area contributed by atoms with Crippen LogP contribution in [0.1, 0.15) is 18.1 Å². The summed E-state index contributed by atoms with van der Waals surface area (Å²) < 4.78 is 50.7. The average molecular weight is 396 g/mol. The van der Waals surface area contributed by atoms with Crippen molar-refractivity contribution < 1.29 is 27.4 Å². The largest absolute Gasteiger partial charge is 0.493 e. The molecule has 2 aromatic carbocycles. The first-order valence-corrected chi connectivity index (χ1v) is 8.55. The Morgan fingerprint density at radius 2 is 1.71 bits per heavy atom. The molecule has 0 saturated carbocycles. The van der Waals surface area contributed by atoms with Crippen LogP contribution in [-0.2, 0) is 11.3 Å². The molecule has 1 N–H and O–H groups in total. The lowest BCUT2D eigenvalue weighted by Crippen LogP contribution is -2.39. The van der Waals surface area contributed by atoms with Crippen molar-refractivity contribution in [2.75, 3.05) is 26.6 Å². The van der Waals surface area contributed by atoms with Gasteiger partial charge in [0.2, 0.25) is 5.91 Å². The fourth-order valence-electron chi connectivity index (χ4n) is 2.66. The molecule has 0 radical (unpaired) electrons. The molecule has 0 aliphatic heterocycles. The van der Waals surface area contributed by atoms with Gasteiger partial charge < -0.3 is 14.8 Å². The lowest BCUT2D eigenvalue weighted by Gasteiger charge is -2.25. The smallest absolute Gasteiger partial charge is 0.241 e. The van der Waals surface area contributed by atoms with E-state index in [1.807, 2.05) is 19.1 Å². The Balaban J connectivity index is 2.13. The number of anilines is 1. The number of halogens is 3. The molecular weight excluding hydrogens is 373 g/mol. The summed E-state index contributed by atoms with van der Waals surface area (Å²) in [5.41, 5.74) is 1.45. The number of nitrogens with zero attached hydrogens (tertiary/aromatic N) is 1. The van der Waals surface area contributed by atoms with E-state index in [0.717, 1.165) is 23.3 Å². The fourth-order valence-corrected chi connectivity index (χ4v) is 2.66. The van der Waals surface area contributed by atoms with Crippen molar-refractivity contribution in [3.8, 4) is 11.5 Å². The summed E-state index contributed by atoms with van der Waals surface area (Å²) in [6.07, 6.45) is 0. The van der Waals surface area contributed by atoms with Crippen LogP contribution >= 0.6 is 0 Å². The molecule has 8 heteroatoms. The minimum absolute atomic E-state index is 0.404. The minimum Gasteiger partial charge on any atom is -0.493 e. The van der Waals surface area contributed by atoms with Crippen molar-refractivity contribution in [1.82, 2.24) is 4.90 Å². The first-order valence-electron chi connectivity index (χ1n) is 8.55. The van der Waals surface area contributed by atoms with Gasteiger partial charge in [0.15, 0.2) is 29.0 Å². The second kappa shape index (κ2) is 8.97. The first kappa shape index (κ1) is 21.6. The summed E-state index contributed by atoms with van der Waals surface area (Å²) in [4.78, 5) is 14.2. The summed E-state index contributed by atoms with van der Waals surface area (Å²) in [5, 5.41) is 2.29. The summed E-state index contributed by atoms with van der Waals surface area (Å²) in [6.45, 7) is 3.94. The van der Waals surface area contributed by atoms with Crippen LogP contribution < -0.4 is 14.8 Å². The van der Waals surface area contributed by atoms with Gasteiger partial charge in [0.05, 0.1) is 25.9 Å². The second-order valence-corrected chi connectivity index (χ2v) is 6.44. The number of carbonyl (C=O) groups excluding carboxylic acids is 1. The summed E-state index contributed by atoms with van der Waals surface area (Å²) in [6, 6.07) is 4.74. The number of methoxy groups -OCH3 is 2. The predicted molar refractivity (Wildman–Crippen MR) is 100 cm³/mol. The normalized spacial score (nSPS) is 12.0. The molecule has 0 fully saturated rings. The molecule has 0 aliphatic carbocycles. The molecule has 0 bridgehead atoms. The number of hydrogen-bond donors (Lipinski definition) is 1. The SMILES string of the molecule is COc1cc(C)c(CN(C)[C@@H](C)C(=O)Nc2ccc(F)c(F)c2F)cc1OC. The van der Waals surface area contributed by atoms with Gasteiger partial charge in [-0.2, -0.15) is 0 Å². The van der Waals surface area contributed by atoms with E-state index in [1.54, 1.807) is 26.0 Å². The van der Waals surface area contributed by atoms with E-state index in [-0.39, 0.29) is 0 Å². The molecule has 1 atom stereocenters. The van der Waals surface area contributed by atoms with Crippen LogP contribution in [-0.4, -0.2) is 38.1 Å². The number of hydrogen-bond acceptors (Lipinski definition) is 4. The zero-order chi connectivity index (χ0) is 21.0. The molecular formula is C20H23F3N2O3. The summed E-state index contributed by atoms with van der Waals surface area (Å²) in [7, 11) is 4.81. The van der Waals surface area contributed by atoms with Gasteiger partial charge in [-0.1, -0.05) is 0 Å². The maximum absolute atomic E-state index is 13.8. The summed E-state index contributed by atoms with van der Waals surface area (Å²) >= 11 is 0. The average Bonchev–Trinajstić information content (AvgIpc) is 2.68. The Bertz CT molecular complexity index is 874. The highest BCUT2D eigenvalue weighted by molar-refractivity contribution is 5.94. The van der Waals surface area contributed by atoms with Gasteiger partial charge in [-0.15, -0.1) is 0 Å². The zero-order valence-electron chi connectivity index (χ0n) is 16.4. The number of ether oxygens (including phenoxy) is 2. The van der Waals surface area contributed by atoms with Crippen molar-refractivity contribution in [2.45, 2.75) is 26.4 Å². The maximum Gasteiger partial charge on any atom is 0.241 e. The predicted octanol–water partition coefficient (Wildman–Crippen LogP) is 3.89. The third-order valence-corrected chi connectivity index (χ3v) is 4.60. The van der Waals surface area contributed by atoms with Crippen LogP contribution in [0, 0.1) is 24.4 Å². The van der Waals surface area contributed by atoms with Crippen LogP contribution in [0.15, 0.2) is 24.3 Å². The lowest BCUT2D eigenvalue weighted by molar-refractivity contribution is -0.120. The first-order chi connectivity index (χ1) is 13.2. The molecule has 152 valence electrons. The number of nitrogens with one attached hydrogen (secondary N) is 1. The number of aryl methyl sites for hydroxylation is 1. The van der Waals surface area contributed by atoms with Crippen LogP contribution in [0.2, 0.25) is 0 Å². The van der Waals surface area contributed by atoms with Crippen LogP contribution in [0.5, 0.6) is 11.5 Å². The molecule has 0 spiro atoms. The van der Waals surface area contributed by atoms with Gasteiger partial charge in [-0.05, 0) is 56.3 Å².